The minimum absolute atomic E-state index is 0.171. The monoisotopic (exact) mass is 553 g/mol. The van der Waals surface area contributed by atoms with Crippen LogP contribution < -0.4 is 35.0 Å². The Hall–Kier alpha value is -4.96. The van der Waals surface area contributed by atoms with Crippen molar-refractivity contribution in [2.24, 2.45) is 5.10 Å². The Morgan fingerprint density at radius 2 is 2.00 bits per heavy atom. The lowest BCUT2D eigenvalue weighted by Crippen LogP contribution is -2.45. The lowest BCUT2D eigenvalue weighted by atomic mass is 9.95. The molecule has 0 aromatic heterocycles. The van der Waals surface area contributed by atoms with Gasteiger partial charge < -0.3 is 39.4 Å². The summed E-state index contributed by atoms with van der Waals surface area (Å²) in [6.45, 7) is 3.37. The Morgan fingerprint density at radius 1 is 1.20 bits per heavy atom. The molecule has 2 aromatic carbocycles. The van der Waals surface area contributed by atoms with Crippen molar-refractivity contribution in [2.45, 2.75) is 26.1 Å². The molecule has 2 aromatic rings. The molecule has 0 unspecified atom stereocenters. The third kappa shape index (κ3) is 7.33. The van der Waals surface area contributed by atoms with E-state index in [4.69, 9.17) is 28.9 Å². The largest absolute Gasteiger partial charge is 0.493 e. The Balaban J connectivity index is 1.71. The van der Waals surface area contributed by atoms with E-state index in [1.165, 1.54) is 20.4 Å². The molecule has 212 valence electrons. The summed E-state index contributed by atoms with van der Waals surface area (Å²) in [5.41, 5.74) is 4.30. The molecule has 0 spiro atoms. The van der Waals surface area contributed by atoms with E-state index < -0.39 is 24.3 Å². The molecule has 2 amide bonds. The van der Waals surface area contributed by atoms with Crippen LogP contribution in [0.3, 0.4) is 0 Å². The minimum Gasteiger partial charge on any atom is -0.493 e. The molecule has 0 saturated heterocycles. The smallest absolute Gasteiger partial charge is 0.337 e. The van der Waals surface area contributed by atoms with E-state index in [2.05, 4.69) is 21.2 Å². The Bertz CT molecular complexity index is 1320. The average Bonchev–Trinajstić information content (AvgIpc) is 2.95. The van der Waals surface area contributed by atoms with Gasteiger partial charge in [-0.3, -0.25) is 5.43 Å². The SMILES string of the molecule is CCOc1cc([C@@H]2NC(=O)NC(C)=C2C(=O)OC)ccc1OC[C@@H](O)N/N=C/c1cccc(OC)c1OCC#N. The highest BCUT2D eigenvalue weighted by molar-refractivity contribution is 5.95. The number of amides is 2. The number of urea groups is 1. The van der Waals surface area contributed by atoms with E-state index in [0.717, 1.165) is 0 Å². The minimum atomic E-state index is -1.19. The molecule has 0 saturated carbocycles. The molecule has 13 heteroatoms. The molecule has 2 atom stereocenters. The van der Waals surface area contributed by atoms with Gasteiger partial charge in [0.25, 0.3) is 0 Å². The van der Waals surface area contributed by atoms with Gasteiger partial charge in [-0.05, 0) is 43.7 Å². The molecule has 1 heterocycles. The molecule has 0 radical (unpaired) electrons. The van der Waals surface area contributed by atoms with Crippen molar-refractivity contribution >= 4 is 18.2 Å². The second-order valence-electron chi connectivity index (χ2n) is 8.24. The summed E-state index contributed by atoms with van der Waals surface area (Å²) in [6, 6.07) is 10.8. The molecule has 4 N–H and O–H groups in total. The van der Waals surface area contributed by atoms with Crippen LogP contribution in [-0.4, -0.2) is 63.6 Å². The quantitative estimate of drug-likeness (QED) is 0.125. The molecule has 3 rings (SSSR count). The van der Waals surface area contributed by atoms with Crippen LogP contribution in [0.5, 0.6) is 23.0 Å². The van der Waals surface area contributed by atoms with Crippen molar-refractivity contribution in [2.75, 3.05) is 34.0 Å². The third-order valence-electron chi connectivity index (χ3n) is 5.61. The number of nitrogens with one attached hydrogen (secondary N) is 3. The first-order valence-electron chi connectivity index (χ1n) is 12.2. The van der Waals surface area contributed by atoms with E-state index >= 15 is 0 Å². The summed E-state index contributed by atoms with van der Waals surface area (Å²) in [4.78, 5) is 24.5. The standard InChI is InChI=1S/C27H31N5O8/c1-5-38-21-13-17(24-23(26(34)37-4)16(2)30-27(35)31-24)9-10-19(21)40-15-22(33)32-29-14-18-7-6-8-20(36-3)25(18)39-12-11-28/h6-10,13-14,22,24,32-33H,5,12,15H2,1-4H3,(H2,30,31,35)/b29-14+/t22-,24+/m1/s1. The number of methoxy groups -OCH3 is 2. The van der Waals surface area contributed by atoms with E-state index in [-0.39, 0.29) is 18.8 Å². The van der Waals surface area contributed by atoms with E-state index in [9.17, 15) is 14.7 Å². The molecule has 1 aliphatic rings. The number of hydrogen-bond donors (Lipinski definition) is 4. The summed E-state index contributed by atoms with van der Waals surface area (Å²) in [5, 5.41) is 28.5. The van der Waals surface area contributed by atoms with Crippen LogP contribution in [0.25, 0.3) is 0 Å². The molecular formula is C27H31N5O8. The van der Waals surface area contributed by atoms with Crippen LogP contribution in [0.2, 0.25) is 0 Å². The summed E-state index contributed by atoms with van der Waals surface area (Å²) in [5.74, 6) is 0.871. The van der Waals surface area contributed by atoms with Crippen molar-refractivity contribution < 1.29 is 38.4 Å². The van der Waals surface area contributed by atoms with Crippen LogP contribution in [0, 0.1) is 11.3 Å². The number of rotatable bonds is 13. The summed E-state index contributed by atoms with van der Waals surface area (Å²) >= 11 is 0. The fourth-order valence-corrected chi connectivity index (χ4v) is 3.87. The Labute approximate surface area is 231 Å². The number of hydrogen-bond acceptors (Lipinski definition) is 11. The molecular weight excluding hydrogens is 522 g/mol. The highest BCUT2D eigenvalue weighted by atomic mass is 16.5. The first-order valence-corrected chi connectivity index (χ1v) is 12.2. The number of carbonyl (C=O) groups excluding carboxylic acids is 2. The molecule has 1 aliphatic heterocycles. The second-order valence-corrected chi connectivity index (χ2v) is 8.24. The topological polar surface area (TPSA) is 173 Å². The van der Waals surface area contributed by atoms with Crippen molar-refractivity contribution in [1.82, 2.24) is 16.1 Å². The summed E-state index contributed by atoms with van der Waals surface area (Å²) < 4.78 is 27.1. The number of aliphatic hydroxyl groups excluding tert-OH is 1. The second kappa shape index (κ2) is 14.3. The summed E-state index contributed by atoms with van der Waals surface area (Å²) in [7, 11) is 2.75. The zero-order valence-corrected chi connectivity index (χ0v) is 22.5. The van der Waals surface area contributed by atoms with Gasteiger partial charge in [0.2, 0.25) is 0 Å². The van der Waals surface area contributed by atoms with Gasteiger partial charge in [0.05, 0.1) is 38.7 Å². The maximum Gasteiger partial charge on any atom is 0.337 e. The van der Waals surface area contributed by atoms with Crippen molar-refractivity contribution in [3.63, 3.8) is 0 Å². The number of hydrazone groups is 1. The highest BCUT2D eigenvalue weighted by Crippen LogP contribution is 2.35. The molecule has 0 aliphatic carbocycles. The molecule has 0 bridgehead atoms. The molecule has 40 heavy (non-hydrogen) atoms. The fourth-order valence-electron chi connectivity index (χ4n) is 3.87. The number of benzene rings is 2. The van der Waals surface area contributed by atoms with Gasteiger partial charge in [-0.25, -0.2) is 9.59 Å². The van der Waals surface area contributed by atoms with E-state index in [1.807, 2.05) is 6.07 Å². The Kier molecular flexibility index (Phi) is 10.6. The van der Waals surface area contributed by atoms with Crippen molar-refractivity contribution in [1.29, 1.82) is 5.26 Å². The van der Waals surface area contributed by atoms with E-state index in [1.54, 1.807) is 50.2 Å². The number of esters is 1. The molecule has 0 fully saturated rings. The zero-order chi connectivity index (χ0) is 29.1. The average molecular weight is 554 g/mol. The van der Waals surface area contributed by atoms with Crippen LogP contribution in [0.15, 0.2) is 52.8 Å². The number of carbonyl (C=O) groups is 2. The lowest BCUT2D eigenvalue weighted by molar-refractivity contribution is -0.136. The number of allylic oxidation sites excluding steroid dienone is 1. The zero-order valence-electron chi connectivity index (χ0n) is 22.5. The van der Waals surface area contributed by atoms with Gasteiger partial charge in [0.1, 0.15) is 12.7 Å². The maximum absolute atomic E-state index is 12.4. The predicted octanol–water partition coefficient (Wildman–Crippen LogP) is 2.12. The van der Waals surface area contributed by atoms with Gasteiger partial charge in [-0.15, -0.1) is 0 Å². The highest BCUT2D eigenvalue weighted by Gasteiger charge is 2.32. The fraction of sp³-hybridized carbons (Fsp3) is 0.333. The molecule has 13 nitrogen and oxygen atoms in total. The normalized spacial score (nSPS) is 15.4. The van der Waals surface area contributed by atoms with Gasteiger partial charge in [-0.2, -0.15) is 10.4 Å². The summed E-state index contributed by atoms with van der Waals surface area (Å²) in [6.07, 6.45) is 0.223. The predicted molar refractivity (Wildman–Crippen MR) is 143 cm³/mol. The number of aliphatic hydroxyl groups is 1. The van der Waals surface area contributed by atoms with Crippen molar-refractivity contribution in [3.05, 3.63) is 58.8 Å². The lowest BCUT2D eigenvalue weighted by Gasteiger charge is -2.28. The van der Waals surface area contributed by atoms with E-state index in [0.29, 0.717) is 46.4 Å². The maximum atomic E-state index is 12.4. The third-order valence-corrected chi connectivity index (χ3v) is 5.61. The van der Waals surface area contributed by atoms with Crippen molar-refractivity contribution in [3.8, 4) is 29.1 Å². The van der Waals surface area contributed by atoms with Gasteiger partial charge in [-0.1, -0.05) is 12.1 Å². The van der Waals surface area contributed by atoms with Gasteiger partial charge in [0, 0.05) is 11.3 Å². The number of nitriles is 1. The van der Waals surface area contributed by atoms with Crippen LogP contribution in [-0.2, 0) is 9.53 Å². The first-order chi connectivity index (χ1) is 19.3. The van der Waals surface area contributed by atoms with Gasteiger partial charge in [0.15, 0.2) is 35.8 Å². The number of para-hydroxylation sites is 1. The Morgan fingerprint density at radius 3 is 2.70 bits per heavy atom. The van der Waals surface area contributed by atoms with Crippen LogP contribution >= 0.6 is 0 Å². The number of nitrogens with zero attached hydrogens (tertiary/aromatic N) is 2. The van der Waals surface area contributed by atoms with Crippen LogP contribution in [0.1, 0.15) is 31.0 Å². The van der Waals surface area contributed by atoms with Gasteiger partial charge >= 0.3 is 12.0 Å². The van der Waals surface area contributed by atoms with Crippen LogP contribution in [0.4, 0.5) is 4.79 Å². The number of ether oxygens (including phenoxy) is 5. The first kappa shape index (κ1) is 29.6.